The second-order valence-corrected chi connectivity index (χ2v) is 9.21. The monoisotopic (exact) mass is 506 g/mol. The zero-order valence-electron chi connectivity index (χ0n) is 20.8. The minimum atomic E-state index is -4.38. The highest BCUT2D eigenvalue weighted by atomic mass is 19.4. The summed E-state index contributed by atoms with van der Waals surface area (Å²) in [4.78, 5) is 25.3. The molecule has 0 saturated heterocycles. The first-order valence-corrected chi connectivity index (χ1v) is 11.5. The van der Waals surface area contributed by atoms with Crippen molar-refractivity contribution >= 4 is 12.0 Å². The van der Waals surface area contributed by atoms with Crippen LogP contribution in [0.3, 0.4) is 0 Å². The van der Waals surface area contributed by atoms with Crippen LogP contribution in [-0.4, -0.2) is 80.3 Å². The van der Waals surface area contributed by atoms with E-state index in [4.69, 9.17) is 9.47 Å². The molecule has 200 valence electrons. The number of hydrogen-bond donors (Lipinski definition) is 2. The molecule has 0 aliphatic carbocycles. The van der Waals surface area contributed by atoms with Gasteiger partial charge in [0.1, 0.15) is 19.0 Å². The number of hydrogen-bond acceptors (Lipinski definition) is 5. The SMILES string of the molecule is CCOC(Cc1ccc(OCCN(CCCOCC(F)(F)F)C(=O)NCC(C)(C)C)cc1)C(=O)O. The number of ether oxygens (including phenoxy) is 3. The van der Waals surface area contributed by atoms with Crippen molar-refractivity contribution in [3.8, 4) is 5.75 Å². The lowest BCUT2D eigenvalue weighted by Crippen LogP contribution is -2.45. The maximum atomic E-state index is 12.6. The largest absolute Gasteiger partial charge is 0.492 e. The van der Waals surface area contributed by atoms with Crippen LogP contribution in [0.5, 0.6) is 5.75 Å². The number of amides is 2. The average molecular weight is 507 g/mol. The molecule has 0 bridgehead atoms. The zero-order valence-corrected chi connectivity index (χ0v) is 20.8. The Balaban J connectivity index is 2.59. The second kappa shape index (κ2) is 14.8. The summed E-state index contributed by atoms with van der Waals surface area (Å²) in [6.45, 7) is 7.56. The van der Waals surface area contributed by atoms with E-state index >= 15 is 0 Å². The van der Waals surface area contributed by atoms with E-state index in [1.807, 2.05) is 20.8 Å². The molecule has 0 spiro atoms. The van der Waals surface area contributed by atoms with E-state index in [9.17, 15) is 27.9 Å². The summed E-state index contributed by atoms with van der Waals surface area (Å²) in [5.41, 5.74) is 0.650. The Kier molecular flexibility index (Phi) is 12.9. The number of carboxylic acid groups (broad SMARTS) is 1. The predicted molar refractivity (Wildman–Crippen MR) is 125 cm³/mol. The Morgan fingerprint density at radius 3 is 2.29 bits per heavy atom. The van der Waals surface area contributed by atoms with E-state index in [-0.39, 0.29) is 50.6 Å². The van der Waals surface area contributed by atoms with Crippen molar-refractivity contribution in [2.75, 3.05) is 46.1 Å². The lowest BCUT2D eigenvalue weighted by Gasteiger charge is -2.26. The van der Waals surface area contributed by atoms with Crippen LogP contribution in [0, 0.1) is 5.41 Å². The molecular formula is C24H37F3N2O6. The number of urea groups is 1. The number of aliphatic carboxylic acids is 1. The van der Waals surface area contributed by atoms with Gasteiger partial charge in [0.2, 0.25) is 0 Å². The third-order valence-corrected chi connectivity index (χ3v) is 4.66. The summed E-state index contributed by atoms with van der Waals surface area (Å²) >= 11 is 0. The van der Waals surface area contributed by atoms with Crippen molar-refractivity contribution in [2.24, 2.45) is 5.41 Å². The van der Waals surface area contributed by atoms with E-state index in [1.54, 1.807) is 31.2 Å². The summed E-state index contributed by atoms with van der Waals surface area (Å²) in [7, 11) is 0. The summed E-state index contributed by atoms with van der Waals surface area (Å²) < 4.78 is 52.2. The molecule has 0 saturated carbocycles. The Morgan fingerprint density at radius 1 is 1.09 bits per heavy atom. The number of benzene rings is 1. The van der Waals surface area contributed by atoms with Crippen LogP contribution in [0.25, 0.3) is 0 Å². The van der Waals surface area contributed by atoms with Crippen LogP contribution in [0.15, 0.2) is 24.3 Å². The molecule has 1 aromatic carbocycles. The van der Waals surface area contributed by atoms with Crippen LogP contribution in [0.4, 0.5) is 18.0 Å². The molecule has 1 atom stereocenters. The topological polar surface area (TPSA) is 97.3 Å². The maximum absolute atomic E-state index is 12.6. The fourth-order valence-electron chi connectivity index (χ4n) is 2.94. The highest BCUT2D eigenvalue weighted by Gasteiger charge is 2.27. The van der Waals surface area contributed by atoms with Crippen molar-refractivity contribution in [2.45, 2.75) is 52.8 Å². The Morgan fingerprint density at radius 2 is 1.74 bits per heavy atom. The van der Waals surface area contributed by atoms with E-state index in [0.717, 1.165) is 5.56 Å². The Hall–Kier alpha value is -2.53. The number of rotatable bonds is 15. The van der Waals surface area contributed by atoms with Crippen LogP contribution in [-0.2, 0) is 20.7 Å². The van der Waals surface area contributed by atoms with Gasteiger partial charge in [0.05, 0.1) is 6.54 Å². The first-order chi connectivity index (χ1) is 16.3. The molecule has 8 nitrogen and oxygen atoms in total. The molecule has 0 aliphatic heterocycles. The number of halogens is 3. The van der Waals surface area contributed by atoms with E-state index < -0.39 is 24.9 Å². The lowest BCUT2D eigenvalue weighted by molar-refractivity contribution is -0.174. The Labute approximate surface area is 204 Å². The summed E-state index contributed by atoms with van der Waals surface area (Å²) in [6.07, 6.45) is -4.84. The standard InChI is InChI=1S/C24H37F3N2O6/c1-5-34-20(21(30)31)15-18-7-9-19(10-8-18)35-14-12-29(22(32)28-16-23(2,3)4)11-6-13-33-17-24(25,26)27/h7-10,20H,5-6,11-17H2,1-4H3,(H,28,32)(H,30,31). The van der Waals surface area contributed by atoms with Gasteiger partial charge in [0, 0.05) is 32.7 Å². The number of alkyl halides is 3. The first kappa shape index (κ1) is 30.5. The number of carbonyl (C=O) groups is 2. The molecule has 0 aromatic heterocycles. The van der Waals surface area contributed by atoms with Gasteiger partial charge in [-0.3, -0.25) is 0 Å². The number of nitrogens with one attached hydrogen (secondary N) is 1. The molecule has 1 rings (SSSR count). The first-order valence-electron chi connectivity index (χ1n) is 11.5. The quantitative estimate of drug-likeness (QED) is 0.347. The number of carbonyl (C=O) groups excluding carboxylic acids is 1. The van der Waals surface area contributed by atoms with E-state index in [1.165, 1.54) is 4.90 Å². The van der Waals surface area contributed by atoms with Gasteiger partial charge >= 0.3 is 18.2 Å². The molecule has 0 fully saturated rings. The lowest BCUT2D eigenvalue weighted by atomic mass is 9.97. The molecular weight excluding hydrogens is 469 g/mol. The fourth-order valence-corrected chi connectivity index (χ4v) is 2.94. The molecule has 0 radical (unpaired) electrons. The molecule has 0 heterocycles. The molecule has 1 aromatic rings. The summed E-state index contributed by atoms with van der Waals surface area (Å²) in [5, 5.41) is 12.0. The van der Waals surface area contributed by atoms with Gasteiger partial charge in [-0.05, 0) is 36.5 Å². The van der Waals surface area contributed by atoms with Crippen molar-refractivity contribution < 1.29 is 42.1 Å². The number of nitrogens with zero attached hydrogens (tertiary/aromatic N) is 1. The third-order valence-electron chi connectivity index (χ3n) is 4.66. The van der Waals surface area contributed by atoms with Crippen molar-refractivity contribution in [3.05, 3.63) is 29.8 Å². The van der Waals surface area contributed by atoms with E-state index in [0.29, 0.717) is 18.9 Å². The second-order valence-electron chi connectivity index (χ2n) is 9.21. The van der Waals surface area contributed by atoms with Gasteiger partial charge in [-0.2, -0.15) is 13.2 Å². The third kappa shape index (κ3) is 14.5. The van der Waals surface area contributed by atoms with Gasteiger partial charge < -0.3 is 29.5 Å². The van der Waals surface area contributed by atoms with Crippen LogP contribution >= 0.6 is 0 Å². The summed E-state index contributed by atoms with van der Waals surface area (Å²) in [6, 6.07) is 6.57. The molecule has 1 unspecified atom stereocenters. The molecule has 11 heteroatoms. The molecule has 35 heavy (non-hydrogen) atoms. The summed E-state index contributed by atoms with van der Waals surface area (Å²) in [5.74, 6) is -0.485. The van der Waals surface area contributed by atoms with Crippen LogP contribution in [0.1, 0.15) is 39.7 Å². The van der Waals surface area contributed by atoms with Gasteiger partial charge in [0.25, 0.3) is 0 Å². The average Bonchev–Trinajstić information content (AvgIpc) is 2.75. The minimum absolute atomic E-state index is 0.121. The zero-order chi connectivity index (χ0) is 26.5. The fraction of sp³-hybridized carbons (Fsp3) is 0.667. The van der Waals surface area contributed by atoms with Gasteiger partial charge in [-0.25, -0.2) is 9.59 Å². The van der Waals surface area contributed by atoms with Crippen LogP contribution < -0.4 is 10.1 Å². The minimum Gasteiger partial charge on any atom is -0.492 e. The number of carboxylic acids is 1. The van der Waals surface area contributed by atoms with Gasteiger partial charge in [0.15, 0.2) is 6.10 Å². The maximum Gasteiger partial charge on any atom is 0.411 e. The highest BCUT2D eigenvalue weighted by molar-refractivity contribution is 5.74. The molecule has 2 N–H and O–H groups in total. The van der Waals surface area contributed by atoms with Gasteiger partial charge in [-0.1, -0.05) is 32.9 Å². The van der Waals surface area contributed by atoms with Crippen molar-refractivity contribution in [1.29, 1.82) is 0 Å². The molecule has 0 aliphatic rings. The highest BCUT2D eigenvalue weighted by Crippen LogP contribution is 2.16. The smallest absolute Gasteiger partial charge is 0.411 e. The molecule has 2 amide bonds. The van der Waals surface area contributed by atoms with Crippen molar-refractivity contribution in [3.63, 3.8) is 0 Å². The van der Waals surface area contributed by atoms with Crippen molar-refractivity contribution in [1.82, 2.24) is 10.2 Å². The Bertz CT molecular complexity index is 766. The predicted octanol–water partition coefficient (Wildman–Crippen LogP) is 4.12. The van der Waals surface area contributed by atoms with Crippen LogP contribution in [0.2, 0.25) is 0 Å². The van der Waals surface area contributed by atoms with E-state index in [2.05, 4.69) is 10.1 Å². The normalized spacial score (nSPS) is 12.8. The van der Waals surface area contributed by atoms with Gasteiger partial charge in [-0.15, -0.1) is 0 Å².